The predicted molar refractivity (Wildman–Crippen MR) is 159 cm³/mol. The zero-order valence-corrected chi connectivity index (χ0v) is 24.0. The van der Waals surface area contributed by atoms with Crippen molar-refractivity contribution in [3.63, 3.8) is 0 Å². The monoisotopic (exact) mass is 580 g/mol. The van der Waals surface area contributed by atoms with Crippen molar-refractivity contribution < 1.29 is 14.3 Å². The molecule has 2 bridgehead atoms. The van der Waals surface area contributed by atoms with Gasteiger partial charge in [-0.15, -0.1) is 11.8 Å². The van der Waals surface area contributed by atoms with Crippen LogP contribution in [0, 0.1) is 36.5 Å². The van der Waals surface area contributed by atoms with E-state index < -0.39 is 0 Å². The lowest BCUT2D eigenvalue weighted by Gasteiger charge is -2.43. The van der Waals surface area contributed by atoms with Crippen LogP contribution in [0.3, 0.4) is 0 Å². The van der Waals surface area contributed by atoms with Gasteiger partial charge in [-0.05, 0) is 66.5 Å². The molecular formula is C33H28N2O4S2. The zero-order valence-electron chi connectivity index (χ0n) is 22.4. The minimum Gasteiger partial charge on any atom is -0.489 e. The number of benzene rings is 3. The van der Waals surface area contributed by atoms with Crippen LogP contribution in [0.2, 0.25) is 0 Å². The Morgan fingerprint density at radius 2 is 1.66 bits per heavy atom. The summed E-state index contributed by atoms with van der Waals surface area (Å²) in [7, 11) is 0. The molecule has 2 saturated carbocycles. The summed E-state index contributed by atoms with van der Waals surface area (Å²) in [5.41, 5.74) is 3.95. The lowest BCUT2D eigenvalue weighted by Crippen LogP contribution is -2.42. The van der Waals surface area contributed by atoms with Crippen molar-refractivity contribution in [2.75, 3.05) is 4.90 Å². The van der Waals surface area contributed by atoms with Crippen molar-refractivity contribution in [1.29, 1.82) is 0 Å². The zero-order chi connectivity index (χ0) is 27.8. The summed E-state index contributed by atoms with van der Waals surface area (Å²) < 4.78 is 6.19. The maximum absolute atomic E-state index is 13.9. The number of rotatable bonds is 5. The number of nitrogens with zero attached hydrogens (tertiary/aromatic N) is 1. The van der Waals surface area contributed by atoms with Gasteiger partial charge in [-0.25, -0.2) is 0 Å². The molecule has 6 nitrogen and oxygen atoms in total. The maximum atomic E-state index is 13.9. The fourth-order valence-corrected chi connectivity index (χ4v) is 10.8. The van der Waals surface area contributed by atoms with Gasteiger partial charge >= 0.3 is 4.87 Å². The highest BCUT2D eigenvalue weighted by Gasteiger charge is 2.69. The molecule has 1 saturated heterocycles. The van der Waals surface area contributed by atoms with Gasteiger partial charge in [0.15, 0.2) is 0 Å². The molecule has 1 aromatic heterocycles. The molecule has 3 aromatic carbocycles. The second-order valence-electron chi connectivity index (χ2n) is 11.7. The van der Waals surface area contributed by atoms with Crippen LogP contribution < -0.4 is 14.5 Å². The molecule has 1 N–H and O–H groups in total. The van der Waals surface area contributed by atoms with Crippen LogP contribution in [0.25, 0.3) is 0 Å². The number of ether oxygens (including phenoxy) is 1. The first-order chi connectivity index (χ1) is 20.0. The van der Waals surface area contributed by atoms with E-state index in [9.17, 15) is 14.4 Å². The van der Waals surface area contributed by atoms with E-state index in [1.54, 1.807) is 11.8 Å². The number of amides is 2. The third-order valence-corrected chi connectivity index (χ3v) is 12.1. The average Bonchev–Trinajstić information content (AvgIpc) is 3.72. The van der Waals surface area contributed by atoms with Crippen LogP contribution in [-0.2, 0) is 16.2 Å². The number of anilines is 1. The van der Waals surface area contributed by atoms with Crippen molar-refractivity contribution in [2.24, 2.45) is 29.6 Å². The van der Waals surface area contributed by atoms with E-state index in [0.717, 1.165) is 38.8 Å². The van der Waals surface area contributed by atoms with Gasteiger partial charge in [-0.3, -0.25) is 19.3 Å². The number of carbonyl (C=O) groups excluding carboxylic acids is 2. The third kappa shape index (κ3) is 3.87. The second kappa shape index (κ2) is 9.46. The number of aromatic amines is 1. The van der Waals surface area contributed by atoms with Gasteiger partial charge in [0.2, 0.25) is 11.8 Å². The smallest absolute Gasteiger partial charge is 0.305 e. The Balaban J connectivity index is 1.16. The Labute approximate surface area is 245 Å². The lowest BCUT2D eigenvalue weighted by atomic mass is 9.68. The Hall–Kier alpha value is -3.62. The van der Waals surface area contributed by atoms with Gasteiger partial charge in [0.05, 0.1) is 22.5 Å². The molecular weight excluding hydrogens is 553 g/mol. The number of hydrogen-bond acceptors (Lipinski definition) is 6. The third-order valence-electron chi connectivity index (χ3n) is 9.48. The quantitative estimate of drug-likeness (QED) is 0.293. The van der Waals surface area contributed by atoms with Crippen molar-refractivity contribution in [3.8, 4) is 5.75 Å². The molecule has 0 radical (unpaired) electrons. The van der Waals surface area contributed by atoms with Crippen LogP contribution in [-0.4, -0.2) is 22.0 Å². The molecule has 3 heterocycles. The summed E-state index contributed by atoms with van der Waals surface area (Å²) in [6.07, 6.45) is 0.872. The number of hydrogen-bond donors (Lipinski definition) is 1. The molecule has 2 amide bonds. The first-order valence-corrected chi connectivity index (χ1v) is 15.8. The van der Waals surface area contributed by atoms with Gasteiger partial charge in [-0.2, -0.15) is 0 Å². The van der Waals surface area contributed by atoms with Crippen LogP contribution in [0.15, 0.2) is 88.7 Å². The molecule has 206 valence electrons. The molecule has 2 aliphatic heterocycles. The van der Waals surface area contributed by atoms with Crippen molar-refractivity contribution >= 4 is 40.6 Å². The van der Waals surface area contributed by atoms with E-state index >= 15 is 0 Å². The molecule has 8 rings (SSSR count). The van der Waals surface area contributed by atoms with Crippen LogP contribution in [0.1, 0.15) is 33.9 Å². The summed E-state index contributed by atoms with van der Waals surface area (Å²) >= 11 is 2.99. The summed E-state index contributed by atoms with van der Waals surface area (Å²) in [6, 6.07) is 25.9. The van der Waals surface area contributed by atoms with E-state index in [1.165, 1.54) is 16.2 Å². The Morgan fingerprint density at radius 3 is 2.44 bits per heavy atom. The van der Waals surface area contributed by atoms with Gasteiger partial charge in [0.1, 0.15) is 12.4 Å². The maximum Gasteiger partial charge on any atom is 0.305 e. The molecule has 0 spiro atoms. The molecule has 8 heteroatoms. The summed E-state index contributed by atoms with van der Waals surface area (Å²) in [5, 5.41) is 1.07. The second-order valence-corrected chi connectivity index (χ2v) is 13.9. The van der Waals surface area contributed by atoms with Crippen LogP contribution in [0.4, 0.5) is 5.69 Å². The van der Waals surface area contributed by atoms with E-state index in [-0.39, 0.29) is 57.4 Å². The normalized spacial score (nSPS) is 29.4. The van der Waals surface area contributed by atoms with Crippen molar-refractivity contribution in [1.82, 2.24) is 4.98 Å². The average molecular weight is 581 g/mol. The Bertz CT molecular complexity index is 1730. The fraction of sp³-hybridized carbons (Fsp3) is 0.303. The van der Waals surface area contributed by atoms with E-state index in [4.69, 9.17) is 4.74 Å². The van der Waals surface area contributed by atoms with Crippen molar-refractivity contribution in [2.45, 2.75) is 36.1 Å². The van der Waals surface area contributed by atoms with Gasteiger partial charge < -0.3 is 9.72 Å². The topological polar surface area (TPSA) is 79.5 Å². The SMILES string of the molecule is Cc1ccc(N2C(=O)C3C(C2=O)[C@@H]2C[C@H]3C3Sc4[nH]c(=O)sc4C(c4cccc(OCc5ccccc5)c4)C32)cc1. The number of carbonyl (C=O) groups is 2. The summed E-state index contributed by atoms with van der Waals surface area (Å²) in [5.74, 6) is 0.353. The number of nitrogens with one attached hydrogen (secondary N) is 1. The number of imide groups is 1. The molecule has 4 aliphatic rings. The van der Waals surface area contributed by atoms with E-state index in [1.807, 2.05) is 73.7 Å². The summed E-state index contributed by atoms with van der Waals surface area (Å²) in [4.78, 5) is 45.8. The van der Waals surface area contributed by atoms with E-state index in [0.29, 0.717) is 12.3 Å². The number of thiazole rings is 1. The molecule has 3 fully saturated rings. The van der Waals surface area contributed by atoms with Crippen LogP contribution in [0.5, 0.6) is 5.75 Å². The van der Waals surface area contributed by atoms with Gasteiger partial charge in [0, 0.05) is 16.0 Å². The number of fused-ring (bicyclic) bond motifs is 9. The standard InChI is InChI=1S/C33H28N2O4S2/c1-17-10-12-20(13-11-17)35-31(36)26-22-15-23(27(26)32(35)37)28-25(22)24(29-30(40-28)34-33(38)41-29)19-8-5-9-21(14-19)39-16-18-6-3-2-4-7-18/h2-14,22-28H,15-16H2,1H3,(H,34,38)/t22-,23-,24?,25?,26?,27?,28?/m1/s1. The van der Waals surface area contributed by atoms with Gasteiger partial charge in [-0.1, -0.05) is 71.5 Å². The number of H-pyrrole nitrogens is 1. The first kappa shape index (κ1) is 25.1. The molecule has 41 heavy (non-hydrogen) atoms. The molecule has 2 aliphatic carbocycles. The molecule has 5 unspecified atom stereocenters. The fourth-order valence-electron chi connectivity index (χ4n) is 7.88. The number of aromatic nitrogens is 1. The number of thioether (sulfide) groups is 1. The van der Waals surface area contributed by atoms with Crippen molar-refractivity contribution in [3.05, 3.63) is 110 Å². The first-order valence-electron chi connectivity index (χ1n) is 14.1. The lowest BCUT2D eigenvalue weighted by molar-refractivity contribution is -0.123. The predicted octanol–water partition coefficient (Wildman–Crippen LogP) is 6.00. The largest absolute Gasteiger partial charge is 0.489 e. The highest BCUT2D eigenvalue weighted by molar-refractivity contribution is 8.00. The summed E-state index contributed by atoms with van der Waals surface area (Å²) in [6.45, 7) is 2.47. The number of aryl methyl sites for hydroxylation is 1. The molecule has 4 aromatic rings. The Morgan fingerprint density at radius 1 is 0.902 bits per heavy atom. The molecule has 7 atom stereocenters. The highest BCUT2D eigenvalue weighted by Crippen LogP contribution is 2.68. The van der Waals surface area contributed by atoms with E-state index in [2.05, 4.69) is 17.1 Å². The minimum absolute atomic E-state index is 0.0345. The van der Waals surface area contributed by atoms with Crippen LogP contribution >= 0.6 is 23.1 Å². The Kier molecular flexibility index (Phi) is 5.80. The highest BCUT2D eigenvalue weighted by atomic mass is 32.2. The van der Waals surface area contributed by atoms with Gasteiger partial charge in [0.25, 0.3) is 0 Å². The minimum atomic E-state index is -0.312.